The van der Waals surface area contributed by atoms with E-state index in [-0.39, 0.29) is 0 Å². The molecule has 11 heteroatoms. The Hall–Kier alpha value is -6.11. The summed E-state index contributed by atoms with van der Waals surface area (Å²) in [6.45, 7) is 3.82. The molecule has 5 aromatic heterocycles. The van der Waals surface area contributed by atoms with Crippen molar-refractivity contribution in [3.8, 4) is 32.8 Å². The molecule has 0 bridgehead atoms. The number of likely N-dealkylation sites (N-methyl/N-ethyl adjacent to an activating group) is 2. The van der Waals surface area contributed by atoms with Crippen molar-refractivity contribution < 1.29 is 0 Å². The summed E-state index contributed by atoms with van der Waals surface area (Å²) >= 11 is 3.23. The molecule has 3 aromatic carbocycles. The fourth-order valence-electron chi connectivity index (χ4n) is 6.86. The Morgan fingerprint density at radius 3 is 1.83 bits per heavy atom. The highest BCUT2D eigenvalue weighted by atomic mass is 32.1. The molecule has 8 rings (SSSR count). The van der Waals surface area contributed by atoms with Gasteiger partial charge in [-0.05, 0) is 115 Å². The van der Waals surface area contributed by atoms with Crippen molar-refractivity contribution in [2.45, 2.75) is 25.8 Å². The molecule has 59 heavy (non-hydrogen) atoms. The molecule has 2 N–H and O–H groups in total. The standard InChI is InChI=1S/C48H47N9S2/c1-56(26-20-35-11-17-43(18-12-35)54-48-55-45(34-58-48)40-5-3-23-49-30-40)28-22-39-29-51-25-19-44(39)38-13-7-37(8-14-38)33-57(2)27-21-36-9-15-42(16-10-36)53-47-52-32-46(59-47)41-6-4-24-50-31-41/h3-19,23-25,29-32,34H,20-22,26-28,33H2,1-2H3,(H,52,53)(H,54,55). The largest absolute Gasteiger partial charge is 0.332 e. The van der Waals surface area contributed by atoms with Gasteiger partial charge in [-0.15, -0.1) is 11.3 Å². The van der Waals surface area contributed by atoms with Gasteiger partial charge in [0.1, 0.15) is 0 Å². The van der Waals surface area contributed by atoms with Crippen molar-refractivity contribution in [3.05, 3.63) is 174 Å². The van der Waals surface area contributed by atoms with E-state index in [0.29, 0.717) is 0 Å². The quantitative estimate of drug-likeness (QED) is 0.0878. The summed E-state index contributed by atoms with van der Waals surface area (Å²) in [7, 11) is 4.40. The van der Waals surface area contributed by atoms with Gasteiger partial charge in [-0.25, -0.2) is 9.97 Å². The monoisotopic (exact) mass is 813 g/mol. The summed E-state index contributed by atoms with van der Waals surface area (Å²) < 4.78 is 0. The van der Waals surface area contributed by atoms with Crippen molar-refractivity contribution in [1.82, 2.24) is 34.7 Å². The van der Waals surface area contributed by atoms with Gasteiger partial charge in [0.15, 0.2) is 10.3 Å². The molecule has 9 nitrogen and oxygen atoms in total. The van der Waals surface area contributed by atoms with Crippen LogP contribution in [0.4, 0.5) is 21.6 Å². The van der Waals surface area contributed by atoms with Crippen molar-refractivity contribution in [3.63, 3.8) is 0 Å². The molecule has 0 aliphatic carbocycles. The Labute approximate surface area is 354 Å². The van der Waals surface area contributed by atoms with Gasteiger partial charge < -0.3 is 20.4 Å². The first-order valence-corrected chi connectivity index (χ1v) is 21.5. The highest BCUT2D eigenvalue weighted by Crippen LogP contribution is 2.31. The number of thiazole rings is 2. The number of nitrogens with zero attached hydrogens (tertiary/aromatic N) is 7. The number of anilines is 4. The maximum Gasteiger partial charge on any atom is 0.187 e. The van der Waals surface area contributed by atoms with Crippen LogP contribution in [0.25, 0.3) is 32.8 Å². The van der Waals surface area contributed by atoms with Crippen LogP contribution in [-0.4, -0.2) is 68.4 Å². The van der Waals surface area contributed by atoms with E-state index in [0.717, 1.165) is 88.8 Å². The molecule has 296 valence electrons. The highest BCUT2D eigenvalue weighted by molar-refractivity contribution is 7.19. The maximum absolute atomic E-state index is 4.72. The fraction of sp³-hybridized carbons (Fsp3) is 0.188. The molecule has 0 aliphatic rings. The minimum absolute atomic E-state index is 0.873. The number of aromatic nitrogens is 5. The van der Waals surface area contributed by atoms with E-state index in [9.17, 15) is 0 Å². The molecular weight excluding hydrogens is 767 g/mol. The van der Waals surface area contributed by atoms with Gasteiger partial charge in [0.25, 0.3) is 0 Å². The summed E-state index contributed by atoms with van der Waals surface area (Å²) in [5.41, 5.74) is 12.8. The zero-order valence-electron chi connectivity index (χ0n) is 33.3. The average molecular weight is 814 g/mol. The van der Waals surface area contributed by atoms with Crippen LogP contribution in [0, 0.1) is 0 Å². The molecule has 0 aliphatic heterocycles. The zero-order valence-corrected chi connectivity index (χ0v) is 35.0. The van der Waals surface area contributed by atoms with Crippen LogP contribution in [0.2, 0.25) is 0 Å². The molecule has 0 atom stereocenters. The van der Waals surface area contributed by atoms with Crippen LogP contribution in [-0.2, 0) is 25.8 Å². The zero-order chi connectivity index (χ0) is 40.2. The predicted octanol–water partition coefficient (Wildman–Crippen LogP) is 10.7. The Morgan fingerprint density at radius 2 is 1.15 bits per heavy atom. The first-order chi connectivity index (χ1) is 29.0. The second-order valence-electron chi connectivity index (χ2n) is 14.7. The third-order valence-electron chi connectivity index (χ3n) is 10.3. The summed E-state index contributed by atoms with van der Waals surface area (Å²) in [5, 5.41) is 10.7. The van der Waals surface area contributed by atoms with E-state index in [2.05, 4.69) is 145 Å². The van der Waals surface area contributed by atoms with Gasteiger partial charge in [-0.2, -0.15) is 0 Å². The van der Waals surface area contributed by atoms with Gasteiger partial charge in [0, 0.05) is 97.4 Å². The lowest BCUT2D eigenvalue weighted by molar-refractivity contribution is 0.331. The predicted molar refractivity (Wildman–Crippen MR) is 245 cm³/mol. The van der Waals surface area contributed by atoms with Crippen LogP contribution in [0.15, 0.2) is 152 Å². The first-order valence-electron chi connectivity index (χ1n) is 19.8. The van der Waals surface area contributed by atoms with Crippen molar-refractivity contribution >= 4 is 44.3 Å². The molecule has 0 saturated carbocycles. The van der Waals surface area contributed by atoms with Crippen LogP contribution < -0.4 is 10.6 Å². The number of pyridine rings is 3. The average Bonchev–Trinajstić information content (AvgIpc) is 3.96. The molecule has 8 aromatic rings. The van der Waals surface area contributed by atoms with Crippen molar-refractivity contribution in [2.75, 3.05) is 44.4 Å². The summed E-state index contributed by atoms with van der Waals surface area (Å²) in [5.74, 6) is 0. The van der Waals surface area contributed by atoms with Crippen LogP contribution in [0.5, 0.6) is 0 Å². The molecule has 5 heterocycles. The van der Waals surface area contributed by atoms with E-state index in [1.807, 2.05) is 49.2 Å². The minimum Gasteiger partial charge on any atom is -0.332 e. The SMILES string of the molecule is CN(CCc1ccc(Nc2nc(-c3cccnc3)cs2)cc1)CCc1cnccc1-c1ccc(CN(C)CCc2ccc(Nc3ncc(-c4cccnc4)s3)cc2)cc1. The second kappa shape index (κ2) is 19.6. The lowest BCUT2D eigenvalue weighted by Crippen LogP contribution is -2.24. The van der Waals surface area contributed by atoms with Crippen LogP contribution in [0.3, 0.4) is 0 Å². The fourth-order valence-corrected chi connectivity index (χ4v) is 8.43. The molecule has 0 fully saturated rings. The summed E-state index contributed by atoms with van der Waals surface area (Å²) in [6.07, 6.45) is 16.0. The van der Waals surface area contributed by atoms with E-state index in [1.165, 1.54) is 33.4 Å². The van der Waals surface area contributed by atoms with Crippen molar-refractivity contribution in [2.24, 2.45) is 0 Å². The Morgan fingerprint density at radius 1 is 0.542 bits per heavy atom. The number of nitrogens with one attached hydrogen (secondary N) is 2. The normalized spacial score (nSPS) is 11.3. The van der Waals surface area contributed by atoms with E-state index in [1.54, 1.807) is 35.1 Å². The Balaban J connectivity index is 0.765. The van der Waals surface area contributed by atoms with Crippen LogP contribution in [0.1, 0.15) is 22.3 Å². The lowest BCUT2D eigenvalue weighted by Gasteiger charge is -2.19. The summed E-state index contributed by atoms with van der Waals surface area (Å²) in [6, 6.07) is 36.5. The lowest BCUT2D eigenvalue weighted by atomic mass is 9.98. The van der Waals surface area contributed by atoms with Gasteiger partial charge in [0.2, 0.25) is 0 Å². The molecule has 0 spiro atoms. The molecule has 0 radical (unpaired) electrons. The van der Waals surface area contributed by atoms with Gasteiger partial charge in [0.05, 0.1) is 10.6 Å². The van der Waals surface area contributed by atoms with Gasteiger partial charge in [-0.3, -0.25) is 15.0 Å². The summed E-state index contributed by atoms with van der Waals surface area (Å²) in [4.78, 5) is 28.1. The Bertz CT molecular complexity index is 2500. The maximum atomic E-state index is 4.72. The third-order valence-corrected chi connectivity index (χ3v) is 12.0. The minimum atomic E-state index is 0.873. The van der Waals surface area contributed by atoms with E-state index < -0.39 is 0 Å². The third kappa shape index (κ3) is 11.1. The first kappa shape index (κ1) is 39.7. The smallest absolute Gasteiger partial charge is 0.187 e. The van der Waals surface area contributed by atoms with Crippen molar-refractivity contribution in [1.29, 1.82) is 0 Å². The van der Waals surface area contributed by atoms with Gasteiger partial charge in [-0.1, -0.05) is 65.9 Å². The topological polar surface area (TPSA) is 95.0 Å². The Kier molecular flexibility index (Phi) is 13.2. The van der Waals surface area contributed by atoms with E-state index in [4.69, 9.17) is 4.98 Å². The molecule has 0 amide bonds. The number of benzene rings is 3. The van der Waals surface area contributed by atoms with Crippen LogP contribution >= 0.6 is 22.7 Å². The molecule has 0 unspecified atom stereocenters. The van der Waals surface area contributed by atoms with E-state index >= 15 is 0 Å². The molecular formula is C48H47N9S2. The highest BCUT2D eigenvalue weighted by Gasteiger charge is 2.11. The number of hydrogen-bond donors (Lipinski definition) is 2. The second-order valence-corrected chi connectivity index (χ2v) is 16.6. The molecule has 0 saturated heterocycles. The number of hydrogen-bond acceptors (Lipinski definition) is 11. The number of rotatable bonds is 18. The van der Waals surface area contributed by atoms with Gasteiger partial charge >= 0.3 is 0 Å².